The number of halogens is 4. The summed E-state index contributed by atoms with van der Waals surface area (Å²) in [5.74, 6) is 0.215. The predicted octanol–water partition coefficient (Wildman–Crippen LogP) is 6.53. The number of anilines is 1. The second kappa shape index (κ2) is 10.1. The van der Waals surface area contributed by atoms with E-state index in [0.29, 0.717) is 43.0 Å². The highest BCUT2D eigenvalue weighted by Gasteiger charge is 2.54. The van der Waals surface area contributed by atoms with Gasteiger partial charge in [-0.05, 0) is 62.4 Å². The van der Waals surface area contributed by atoms with Gasteiger partial charge in [-0.2, -0.15) is 13.2 Å². The van der Waals surface area contributed by atoms with E-state index in [9.17, 15) is 22.4 Å². The molecule has 2 heterocycles. The lowest BCUT2D eigenvalue weighted by atomic mass is 9.81. The Morgan fingerprint density at radius 2 is 1.84 bits per heavy atom. The fourth-order valence-electron chi connectivity index (χ4n) is 6.10. The van der Waals surface area contributed by atoms with Crippen molar-refractivity contribution in [1.29, 1.82) is 0 Å². The van der Waals surface area contributed by atoms with Crippen molar-refractivity contribution in [3.63, 3.8) is 0 Å². The summed E-state index contributed by atoms with van der Waals surface area (Å²) in [4.78, 5) is 22.2. The number of alkyl halides is 3. The second-order valence-electron chi connectivity index (χ2n) is 10.5. The number of amidine groups is 1. The molecule has 2 aromatic carbocycles. The number of carbonyl (C=O) groups is 1. The van der Waals surface area contributed by atoms with Crippen molar-refractivity contribution in [1.82, 2.24) is 10.2 Å². The fraction of sp³-hybridized carbons (Fsp3) is 0.500. The van der Waals surface area contributed by atoms with Gasteiger partial charge in [0.2, 0.25) is 0 Å². The topological polar surface area (TPSA) is 47.9 Å². The van der Waals surface area contributed by atoms with Crippen molar-refractivity contribution in [2.75, 3.05) is 11.4 Å². The van der Waals surface area contributed by atoms with Gasteiger partial charge in [0, 0.05) is 24.8 Å². The summed E-state index contributed by atoms with van der Waals surface area (Å²) >= 11 is 0. The molecule has 2 aromatic rings. The molecule has 2 saturated heterocycles. The van der Waals surface area contributed by atoms with Crippen LogP contribution in [0.15, 0.2) is 53.5 Å². The summed E-state index contributed by atoms with van der Waals surface area (Å²) in [6.45, 7) is 2.96. The van der Waals surface area contributed by atoms with E-state index in [1.807, 2.05) is 6.92 Å². The van der Waals surface area contributed by atoms with Crippen molar-refractivity contribution in [2.45, 2.75) is 82.2 Å². The van der Waals surface area contributed by atoms with E-state index in [0.717, 1.165) is 31.7 Å². The first-order valence-electron chi connectivity index (χ1n) is 13.0. The minimum absolute atomic E-state index is 0.0522. The van der Waals surface area contributed by atoms with E-state index < -0.39 is 23.1 Å². The Labute approximate surface area is 214 Å². The van der Waals surface area contributed by atoms with E-state index in [1.165, 1.54) is 30.7 Å². The van der Waals surface area contributed by atoms with Crippen LogP contribution in [0.2, 0.25) is 0 Å². The molecule has 0 aromatic heterocycles. The first kappa shape index (κ1) is 25.7. The van der Waals surface area contributed by atoms with Crippen LogP contribution in [0.4, 0.5) is 28.0 Å². The number of piperidine rings is 1. The van der Waals surface area contributed by atoms with E-state index in [-0.39, 0.29) is 18.1 Å². The van der Waals surface area contributed by atoms with Gasteiger partial charge in [-0.25, -0.2) is 9.18 Å². The standard InChI is InChI=1S/C28H32F4N4O/c1-19-17-27(13-14-35(19)18-20-7-5-8-21(15-20)28(30,31)32)25(33-23-10-3-2-4-11-23)34-26(37)36(27)24-12-6-9-22(29)16-24/h5-9,12,15-16,19,23H,2-4,10-11,13-14,17-18H2,1H3,(H,33,34,37). The summed E-state index contributed by atoms with van der Waals surface area (Å²) in [7, 11) is 0. The largest absolute Gasteiger partial charge is 0.416 e. The van der Waals surface area contributed by atoms with Crippen LogP contribution in [-0.2, 0) is 12.7 Å². The van der Waals surface area contributed by atoms with Crippen LogP contribution in [0.5, 0.6) is 0 Å². The molecule has 2 amide bonds. The Hall–Kier alpha value is -2.94. The number of nitrogens with one attached hydrogen (secondary N) is 1. The number of urea groups is 1. The zero-order chi connectivity index (χ0) is 26.2. The van der Waals surface area contributed by atoms with Gasteiger partial charge in [-0.15, -0.1) is 0 Å². The van der Waals surface area contributed by atoms with Gasteiger partial charge < -0.3 is 0 Å². The molecule has 37 heavy (non-hydrogen) atoms. The van der Waals surface area contributed by atoms with E-state index in [1.54, 1.807) is 23.1 Å². The Balaban J connectivity index is 1.44. The predicted molar refractivity (Wildman–Crippen MR) is 135 cm³/mol. The molecule has 1 aliphatic carbocycles. The first-order valence-corrected chi connectivity index (χ1v) is 13.0. The van der Waals surface area contributed by atoms with Gasteiger partial charge in [-0.1, -0.05) is 43.5 Å². The van der Waals surface area contributed by atoms with Gasteiger partial charge in [0.1, 0.15) is 17.2 Å². The molecule has 3 fully saturated rings. The molecular formula is C28H32F4N4O. The maximum absolute atomic E-state index is 14.2. The molecule has 1 saturated carbocycles. The summed E-state index contributed by atoms with van der Waals surface area (Å²) < 4.78 is 53.9. The third-order valence-electron chi connectivity index (χ3n) is 7.96. The minimum atomic E-state index is -4.39. The summed E-state index contributed by atoms with van der Waals surface area (Å²) in [5, 5.41) is 3.01. The lowest BCUT2D eigenvalue weighted by molar-refractivity contribution is -0.137. The summed E-state index contributed by atoms with van der Waals surface area (Å²) in [6, 6.07) is 11.2. The van der Waals surface area contributed by atoms with Crippen molar-refractivity contribution in [3.05, 3.63) is 65.5 Å². The van der Waals surface area contributed by atoms with E-state index in [4.69, 9.17) is 4.99 Å². The molecule has 1 N–H and O–H groups in total. The van der Waals surface area contributed by atoms with Gasteiger partial charge >= 0.3 is 12.2 Å². The lowest BCUT2D eigenvalue weighted by Crippen LogP contribution is -2.59. The smallest absolute Gasteiger partial charge is 0.296 e. The molecule has 3 aliphatic rings. The molecule has 9 heteroatoms. The average Bonchev–Trinajstić information content (AvgIpc) is 3.11. The number of likely N-dealkylation sites (tertiary alicyclic amines) is 1. The number of hydrogen-bond donors (Lipinski definition) is 1. The molecule has 2 unspecified atom stereocenters. The van der Waals surface area contributed by atoms with Gasteiger partial charge in [0.25, 0.3) is 0 Å². The number of amides is 2. The number of aliphatic imine (C=N–C) groups is 1. The van der Waals surface area contributed by atoms with Crippen LogP contribution in [0.25, 0.3) is 0 Å². The third kappa shape index (κ3) is 5.23. The normalized spacial score (nSPS) is 26.7. The zero-order valence-corrected chi connectivity index (χ0v) is 20.9. The van der Waals surface area contributed by atoms with Crippen LogP contribution in [0.1, 0.15) is 63.0 Å². The first-order chi connectivity index (χ1) is 17.7. The average molecular weight is 517 g/mol. The van der Waals surface area contributed by atoms with Crippen LogP contribution >= 0.6 is 0 Å². The number of hydrogen-bond acceptors (Lipinski definition) is 3. The zero-order valence-electron chi connectivity index (χ0n) is 20.9. The van der Waals surface area contributed by atoms with Crippen molar-refractivity contribution < 1.29 is 22.4 Å². The van der Waals surface area contributed by atoms with Crippen LogP contribution in [0, 0.1) is 5.82 Å². The maximum Gasteiger partial charge on any atom is 0.416 e. The van der Waals surface area contributed by atoms with E-state index >= 15 is 0 Å². The SMILES string of the molecule is CC1CC2(CCN1Cc1cccc(C(F)(F)F)c1)C(=NC1CCCCC1)NC(=O)N2c1cccc(F)c1. The number of nitrogens with zero attached hydrogens (tertiary/aromatic N) is 3. The number of carbonyl (C=O) groups excluding carboxylic acids is 1. The summed E-state index contributed by atoms with van der Waals surface area (Å²) in [5.41, 5.74) is -0.344. The molecule has 0 radical (unpaired) electrons. The lowest BCUT2D eigenvalue weighted by Gasteiger charge is -2.47. The minimum Gasteiger partial charge on any atom is -0.296 e. The molecular weight excluding hydrogens is 484 g/mol. The highest BCUT2D eigenvalue weighted by atomic mass is 19.4. The quantitative estimate of drug-likeness (QED) is 0.470. The molecule has 5 nitrogen and oxygen atoms in total. The van der Waals surface area contributed by atoms with E-state index in [2.05, 4.69) is 10.2 Å². The maximum atomic E-state index is 14.2. The Morgan fingerprint density at radius 1 is 1.08 bits per heavy atom. The molecule has 2 atom stereocenters. The molecule has 5 rings (SSSR count). The van der Waals surface area contributed by atoms with Crippen LogP contribution in [0.3, 0.4) is 0 Å². The second-order valence-corrected chi connectivity index (χ2v) is 10.5. The van der Waals surface area contributed by atoms with Crippen molar-refractivity contribution in [3.8, 4) is 0 Å². The fourth-order valence-corrected chi connectivity index (χ4v) is 6.10. The third-order valence-corrected chi connectivity index (χ3v) is 7.96. The molecule has 2 aliphatic heterocycles. The molecule has 198 valence electrons. The summed E-state index contributed by atoms with van der Waals surface area (Å²) in [6.07, 6.45) is 2.05. The van der Waals surface area contributed by atoms with Crippen molar-refractivity contribution in [2.24, 2.45) is 4.99 Å². The van der Waals surface area contributed by atoms with Crippen LogP contribution < -0.4 is 10.2 Å². The number of benzene rings is 2. The Kier molecular flexibility index (Phi) is 7.00. The molecule has 0 bridgehead atoms. The Bertz CT molecular complexity index is 1180. The highest BCUT2D eigenvalue weighted by Crippen LogP contribution is 2.41. The Morgan fingerprint density at radius 3 is 2.54 bits per heavy atom. The van der Waals surface area contributed by atoms with Crippen molar-refractivity contribution >= 4 is 17.6 Å². The highest BCUT2D eigenvalue weighted by molar-refractivity contribution is 6.19. The van der Waals surface area contributed by atoms with Gasteiger partial charge in [0.05, 0.1) is 11.6 Å². The van der Waals surface area contributed by atoms with Crippen LogP contribution in [-0.4, -0.2) is 40.9 Å². The van der Waals surface area contributed by atoms with Gasteiger partial charge in [-0.3, -0.25) is 20.1 Å². The monoisotopic (exact) mass is 516 g/mol. The van der Waals surface area contributed by atoms with Gasteiger partial charge in [0.15, 0.2) is 0 Å². The molecule has 1 spiro atoms. The number of rotatable bonds is 4.